The number of hydrogen-bond donors (Lipinski definition) is 1. The van der Waals surface area contributed by atoms with Crippen LogP contribution in [0.15, 0.2) is 0 Å². The van der Waals surface area contributed by atoms with Crippen LogP contribution >= 0.6 is 23.2 Å². The van der Waals surface area contributed by atoms with Crippen LogP contribution in [0.3, 0.4) is 0 Å². The standard InChI is InChI=1S/C10H14Cl2O6/c1-4(13)16-8-7(12)6(3-11)18-10(15)9(8)17-5(2)14/h6-10,15H,3H2,1-2H3/t6-,7+,8+,9-,10?/m1/s1. The number of rotatable bonds is 3. The Morgan fingerprint density at radius 2 is 1.72 bits per heavy atom. The molecule has 1 aliphatic rings. The van der Waals surface area contributed by atoms with Crippen LogP contribution in [0.5, 0.6) is 0 Å². The largest absolute Gasteiger partial charge is 0.457 e. The average Bonchev–Trinajstić information content (AvgIpc) is 2.27. The summed E-state index contributed by atoms with van der Waals surface area (Å²) >= 11 is 11.7. The predicted molar refractivity (Wildman–Crippen MR) is 62.3 cm³/mol. The van der Waals surface area contributed by atoms with Crippen LogP contribution in [-0.2, 0) is 23.8 Å². The zero-order chi connectivity index (χ0) is 13.9. The molecule has 6 nitrogen and oxygen atoms in total. The molecule has 0 aliphatic carbocycles. The van der Waals surface area contributed by atoms with E-state index in [-0.39, 0.29) is 5.88 Å². The lowest BCUT2D eigenvalue weighted by Crippen LogP contribution is -2.58. The van der Waals surface area contributed by atoms with Crippen molar-refractivity contribution < 1.29 is 28.9 Å². The molecular weight excluding hydrogens is 287 g/mol. The van der Waals surface area contributed by atoms with Crippen molar-refractivity contribution in [3.05, 3.63) is 0 Å². The third-order valence-corrected chi connectivity index (χ3v) is 3.18. The molecule has 8 heteroatoms. The molecule has 1 rings (SSSR count). The summed E-state index contributed by atoms with van der Waals surface area (Å²) in [4.78, 5) is 22.0. The maximum Gasteiger partial charge on any atom is 0.303 e. The van der Waals surface area contributed by atoms with E-state index in [2.05, 4.69) is 0 Å². The zero-order valence-corrected chi connectivity index (χ0v) is 11.4. The minimum atomic E-state index is -1.45. The smallest absolute Gasteiger partial charge is 0.303 e. The second-order valence-electron chi connectivity index (χ2n) is 3.81. The fraction of sp³-hybridized carbons (Fsp3) is 0.800. The van der Waals surface area contributed by atoms with Gasteiger partial charge in [0.05, 0.1) is 12.0 Å². The Morgan fingerprint density at radius 3 is 2.17 bits per heavy atom. The van der Waals surface area contributed by atoms with E-state index in [9.17, 15) is 14.7 Å². The molecule has 0 radical (unpaired) electrons. The van der Waals surface area contributed by atoms with Crippen LogP contribution in [0.25, 0.3) is 0 Å². The van der Waals surface area contributed by atoms with Gasteiger partial charge in [0, 0.05) is 13.8 Å². The highest BCUT2D eigenvalue weighted by Crippen LogP contribution is 2.29. The Hall–Kier alpha value is -0.560. The number of aliphatic hydroxyl groups excluding tert-OH is 1. The number of aliphatic hydroxyl groups is 1. The number of carbonyl (C=O) groups is 2. The second-order valence-corrected chi connectivity index (χ2v) is 4.62. The minimum absolute atomic E-state index is 0.00971. The minimum Gasteiger partial charge on any atom is -0.457 e. The average molecular weight is 301 g/mol. The van der Waals surface area contributed by atoms with E-state index in [0.717, 1.165) is 6.92 Å². The first-order chi connectivity index (χ1) is 8.36. The molecule has 0 spiro atoms. The Labute approximate surface area is 114 Å². The first-order valence-electron chi connectivity index (χ1n) is 5.24. The van der Waals surface area contributed by atoms with Crippen molar-refractivity contribution in [1.82, 2.24) is 0 Å². The summed E-state index contributed by atoms with van der Waals surface area (Å²) in [5.41, 5.74) is 0. The molecule has 1 N–H and O–H groups in total. The van der Waals surface area contributed by atoms with Gasteiger partial charge in [0.2, 0.25) is 0 Å². The summed E-state index contributed by atoms with van der Waals surface area (Å²) in [7, 11) is 0. The fourth-order valence-electron chi connectivity index (χ4n) is 1.65. The molecule has 0 aromatic rings. The van der Waals surface area contributed by atoms with Gasteiger partial charge in [-0.3, -0.25) is 9.59 Å². The molecule has 104 valence electrons. The van der Waals surface area contributed by atoms with E-state index < -0.39 is 41.9 Å². The molecule has 1 saturated heterocycles. The van der Waals surface area contributed by atoms with Crippen molar-refractivity contribution in [2.75, 3.05) is 5.88 Å². The van der Waals surface area contributed by atoms with Gasteiger partial charge in [-0.05, 0) is 0 Å². The monoisotopic (exact) mass is 300 g/mol. The van der Waals surface area contributed by atoms with Crippen molar-refractivity contribution in [3.8, 4) is 0 Å². The van der Waals surface area contributed by atoms with Crippen molar-refractivity contribution in [1.29, 1.82) is 0 Å². The third kappa shape index (κ3) is 3.71. The number of carbonyl (C=O) groups excluding carboxylic acids is 2. The molecule has 1 aliphatic heterocycles. The molecule has 0 aromatic heterocycles. The summed E-state index contributed by atoms with van der Waals surface area (Å²) in [5.74, 6) is -1.24. The second kappa shape index (κ2) is 6.56. The molecule has 1 heterocycles. The zero-order valence-electron chi connectivity index (χ0n) is 9.84. The molecule has 1 unspecified atom stereocenters. The number of ether oxygens (including phenoxy) is 3. The maximum atomic E-state index is 11.0. The van der Waals surface area contributed by atoms with E-state index in [1.54, 1.807) is 0 Å². The number of alkyl halides is 2. The van der Waals surface area contributed by atoms with Gasteiger partial charge in [0.25, 0.3) is 0 Å². The van der Waals surface area contributed by atoms with Crippen LogP contribution in [0.4, 0.5) is 0 Å². The molecule has 18 heavy (non-hydrogen) atoms. The lowest BCUT2D eigenvalue weighted by atomic mass is 10.0. The van der Waals surface area contributed by atoms with Gasteiger partial charge in [0.15, 0.2) is 18.5 Å². The van der Waals surface area contributed by atoms with Crippen LogP contribution in [0, 0.1) is 0 Å². The Balaban J connectivity index is 2.89. The summed E-state index contributed by atoms with van der Waals surface area (Å²) in [6.45, 7) is 2.35. The van der Waals surface area contributed by atoms with Gasteiger partial charge in [-0.2, -0.15) is 0 Å². The third-order valence-electron chi connectivity index (χ3n) is 2.34. The van der Waals surface area contributed by atoms with Crippen LogP contribution in [0.1, 0.15) is 13.8 Å². The SMILES string of the molecule is CC(=O)O[C@H]1[C@@H](Cl)[C@@H](CCl)OC(O)[C@@H]1OC(C)=O. The van der Waals surface area contributed by atoms with E-state index in [1.807, 2.05) is 0 Å². The summed E-state index contributed by atoms with van der Waals surface area (Å²) in [6.07, 6.45) is -4.34. The molecule has 0 aromatic carbocycles. The molecule has 1 fully saturated rings. The van der Waals surface area contributed by atoms with Crippen molar-refractivity contribution >= 4 is 35.1 Å². The van der Waals surface area contributed by atoms with Gasteiger partial charge in [-0.15, -0.1) is 23.2 Å². The number of hydrogen-bond acceptors (Lipinski definition) is 6. The number of halogens is 2. The highest BCUT2D eigenvalue weighted by atomic mass is 35.5. The predicted octanol–water partition coefficient (Wildman–Crippen LogP) is 0.413. The first-order valence-corrected chi connectivity index (χ1v) is 6.22. The normalized spacial score (nSPS) is 35.9. The molecule has 0 saturated carbocycles. The van der Waals surface area contributed by atoms with Crippen LogP contribution < -0.4 is 0 Å². The lowest BCUT2D eigenvalue weighted by molar-refractivity contribution is -0.253. The van der Waals surface area contributed by atoms with Crippen LogP contribution in [0.2, 0.25) is 0 Å². The molecule has 0 bridgehead atoms. The maximum absolute atomic E-state index is 11.0. The van der Waals surface area contributed by atoms with Gasteiger partial charge in [-0.25, -0.2) is 0 Å². The molecular formula is C10H14Cl2O6. The van der Waals surface area contributed by atoms with Gasteiger partial charge in [0.1, 0.15) is 5.38 Å². The van der Waals surface area contributed by atoms with Crippen molar-refractivity contribution in [3.63, 3.8) is 0 Å². The Kier molecular flexibility index (Phi) is 5.65. The molecule has 0 amide bonds. The summed E-state index contributed by atoms with van der Waals surface area (Å²) in [6, 6.07) is 0. The van der Waals surface area contributed by atoms with Crippen LogP contribution in [-0.4, -0.2) is 52.9 Å². The quantitative estimate of drug-likeness (QED) is 0.601. The van der Waals surface area contributed by atoms with Gasteiger partial charge < -0.3 is 19.3 Å². The fourth-order valence-corrected chi connectivity index (χ4v) is 2.35. The lowest BCUT2D eigenvalue weighted by Gasteiger charge is -2.40. The molecule has 5 atom stereocenters. The Morgan fingerprint density at radius 1 is 1.22 bits per heavy atom. The van der Waals surface area contributed by atoms with Crippen molar-refractivity contribution in [2.45, 2.75) is 43.8 Å². The topological polar surface area (TPSA) is 82.1 Å². The van der Waals surface area contributed by atoms with Crippen molar-refractivity contribution in [2.24, 2.45) is 0 Å². The first kappa shape index (κ1) is 15.5. The highest BCUT2D eigenvalue weighted by Gasteiger charge is 2.48. The Bertz CT molecular complexity index is 323. The highest BCUT2D eigenvalue weighted by molar-refractivity contribution is 6.23. The van der Waals surface area contributed by atoms with E-state index >= 15 is 0 Å². The van der Waals surface area contributed by atoms with E-state index in [4.69, 9.17) is 37.4 Å². The van der Waals surface area contributed by atoms with Gasteiger partial charge in [-0.1, -0.05) is 0 Å². The van der Waals surface area contributed by atoms with E-state index in [0.29, 0.717) is 0 Å². The summed E-state index contributed by atoms with van der Waals surface area (Å²) < 4.78 is 14.9. The van der Waals surface area contributed by atoms with E-state index in [1.165, 1.54) is 6.92 Å². The summed E-state index contributed by atoms with van der Waals surface area (Å²) in [5, 5.41) is 8.89. The van der Waals surface area contributed by atoms with Gasteiger partial charge >= 0.3 is 11.9 Å². The number of esters is 2.